The highest BCUT2D eigenvalue weighted by molar-refractivity contribution is 6.06. The summed E-state index contributed by atoms with van der Waals surface area (Å²) in [6.45, 7) is 9.26. The predicted molar refractivity (Wildman–Crippen MR) is 64.3 cm³/mol. The Morgan fingerprint density at radius 3 is 2.12 bits per heavy atom. The molecule has 5 heteroatoms. The molecule has 16 heavy (non-hydrogen) atoms. The highest BCUT2D eigenvalue weighted by Gasteiger charge is 2.39. The van der Waals surface area contributed by atoms with Gasteiger partial charge in [0.25, 0.3) is 0 Å². The fourth-order valence-electron chi connectivity index (χ4n) is 1.17. The number of hydrogen-bond donors (Lipinski definition) is 2. The summed E-state index contributed by atoms with van der Waals surface area (Å²) in [4.78, 5) is 13.9. The first-order valence-corrected chi connectivity index (χ1v) is 5.37. The van der Waals surface area contributed by atoms with Gasteiger partial charge >= 0.3 is 0 Å². The summed E-state index contributed by atoms with van der Waals surface area (Å²) in [7, 11) is 1.73. The number of rotatable bonds is 4. The number of carbonyl (C=O) groups excluding carboxylic acids is 1. The highest BCUT2D eigenvalue weighted by Crippen LogP contribution is 2.25. The van der Waals surface area contributed by atoms with Gasteiger partial charge in [-0.2, -0.15) is 0 Å². The standard InChI is InChI=1S/C11H23N3O2/c1-7-10(2,3)14(6)9(15)11(4,5)8(12)13-16/h16H,7H2,1-6H3,(H2,12,13). The summed E-state index contributed by atoms with van der Waals surface area (Å²) in [5.41, 5.74) is 4.29. The Morgan fingerprint density at radius 1 is 1.38 bits per heavy atom. The van der Waals surface area contributed by atoms with Gasteiger partial charge in [-0.3, -0.25) is 4.79 Å². The Morgan fingerprint density at radius 2 is 1.81 bits per heavy atom. The number of hydrogen-bond acceptors (Lipinski definition) is 3. The number of amides is 1. The Labute approximate surface area is 97.3 Å². The van der Waals surface area contributed by atoms with Crippen LogP contribution in [0.1, 0.15) is 41.0 Å². The second-order valence-corrected chi connectivity index (χ2v) is 5.14. The van der Waals surface area contributed by atoms with Gasteiger partial charge in [-0.15, -0.1) is 0 Å². The molecule has 0 atom stereocenters. The largest absolute Gasteiger partial charge is 0.409 e. The van der Waals surface area contributed by atoms with Gasteiger partial charge in [-0.05, 0) is 34.1 Å². The van der Waals surface area contributed by atoms with Crippen LogP contribution in [0.15, 0.2) is 5.16 Å². The number of amidine groups is 1. The molecule has 0 aromatic rings. The van der Waals surface area contributed by atoms with Gasteiger partial charge in [-0.25, -0.2) is 0 Å². The van der Waals surface area contributed by atoms with E-state index in [9.17, 15) is 4.79 Å². The Kier molecular flexibility index (Phi) is 4.35. The molecule has 3 N–H and O–H groups in total. The molecule has 5 nitrogen and oxygen atoms in total. The van der Waals surface area contributed by atoms with E-state index >= 15 is 0 Å². The maximum atomic E-state index is 12.2. The quantitative estimate of drug-likeness (QED) is 0.331. The maximum Gasteiger partial charge on any atom is 0.236 e. The monoisotopic (exact) mass is 229 g/mol. The van der Waals surface area contributed by atoms with Gasteiger partial charge in [0, 0.05) is 12.6 Å². The maximum absolute atomic E-state index is 12.2. The number of carbonyl (C=O) groups is 1. The molecule has 0 radical (unpaired) electrons. The van der Waals surface area contributed by atoms with Crippen LogP contribution in [-0.2, 0) is 4.79 Å². The molecule has 94 valence electrons. The van der Waals surface area contributed by atoms with E-state index in [4.69, 9.17) is 10.9 Å². The molecule has 1 amide bonds. The van der Waals surface area contributed by atoms with Crippen LogP contribution in [0, 0.1) is 5.41 Å². The summed E-state index contributed by atoms with van der Waals surface area (Å²) in [5.74, 6) is -0.231. The first kappa shape index (κ1) is 14.7. The van der Waals surface area contributed by atoms with Gasteiger partial charge in [-0.1, -0.05) is 12.1 Å². The highest BCUT2D eigenvalue weighted by atomic mass is 16.4. The molecule has 0 rings (SSSR count). The lowest BCUT2D eigenvalue weighted by atomic mass is 9.87. The van der Waals surface area contributed by atoms with Crippen LogP contribution in [0.5, 0.6) is 0 Å². The van der Waals surface area contributed by atoms with E-state index in [2.05, 4.69) is 5.16 Å². The van der Waals surface area contributed by atoms with Gasteiger partial charge in [0.05, 0.1) is 0 Å². The second kappa shape index (κ2) is 4.72. The van der Waals surface area contributed by atoms with Crippen LogP contribution in [0.3, 0.4) is 0 Å². The van der Waals surface area contributed by atoms with Crippen molar-refractivity contribution in [1.29, 1.82) is 0 Å². The summed E-state index contributed by atoms with van der Waals surface area (Å²) in [5, 5.41) is 11.6. The third-order valence-corrected chi connectivity index (χ3v) is 3.36. The minimum atomic E-state index is -0.990. The lowest BCUT2D eigenvalue weighted by molar-refractivity contribution is -0.140. The van der Waals surface area contributed by atoms with Crippen molar-refractivity contribution in [2.75, 3.05) is 7.05 Å². The molecule has 0 heterocycles. The predicted octanol–water partition coefficient (Wildman–Crippen LogP) is 1.41. The van der Waals surface area contributed by atoms with Gasteiger partial charge in [0.2, 0.25) is 5.91 Å². The van der Waals surface area contributed by atoms with Crippen LogP contribution in [0.4, 0.5) is 0 Å². The summed E-state index contributed by atoms with van der Waals surface area (Å²) in [6, 6.07) is 0. The van der Waals surface area contributed by atoms with Crippen molar-refractivity contribution >= 4 is 11.7 Å². The smallest absolute Gasteiger partial charge is 0.236 e. The van der Waals surface area contributed by atoms with E-state index in [1.54, 1.807) is 25.8 Å². The van der Waals surface area contributed by atoms with Crippen LogP contribution < -0.4 is 5.73 Å². The van der Waals surface area contributed by atoms with Gasteiger partial charge in [0.1, 0.15) is 5.41 Å². The zero-order valence-corrected chi connectivity index (χ0v) is 11.0. The van der Waals surface area contributed by atoms with Crippen LogP contribution in [0.25, 0.3) is 0 Å². The van der Waals surface area contributed by atoms with E-state index in [0.717, 1.165) is 6.42 Å². The minimum absolute atomic E-state index is 0.0729. The average molecular weight is 229 g/mol. The number of nitrogens with two attached hydrogens (primary N) is 1. The van der Waals surface area contributed by atoms with E-state index in [1.165, 1.54) is 0 Å². The SMILES string of the molecule is CCC(C)(C)N(C)C(=O)C(C)(C)C(N)=NO. The molecule has 0 spiro atoms. The van der Waals surface area contributed by atoms with Crippen LogP contribution in [0.2, 0.25) is 0 Å². The molecule has 0 aromatic carbocycles. The van der Waals surface area contributed by atoms with Gasteiger partial charge < -0.3 is 15.8 Å². The van der Waals surface area contributed by atoms with E-state index in [0.29, 0.717) is 0 Å². The first-order chi connectivity index (χ1) is 7.11. The summed E-state index contributed by atoms with van der Waals surface area (Å²) >= 11 is 0. The Bertz CT molecular complexity index is 296. The fraction of sp³-hybridized carbons (Fsp3) is 0.818. The zero-order chi connectivity index (χ0) is 13.1. The molecule has 0 aliphatic carbocycles. The van der Waals surface area contributed by atoms with E-state index in [-0.39, 0.29) is 17.3 Å². The minimum Gasteiger partial charge on any atom is -0.409 e. The molecular formula is C11H23N3O2. The van der Waals surface area contributed by atoms with Crippen LogP contribution >= 0.6 is 0 Å². The van der Waals surface area contributed by atoms with Crippen molar-refractivity contribution in [1.82, 2.24) is 4.90 Å². The number of oxime groups is 1. The lowest BCUT2D eigenvalue weighted by Gasteiger charge is -2.39. The first-order valence-electron chi connectivity index (χ1n) is 5.37. The van der Waals surface area contributed by atoms with Crippen molar-refractivity contribution in [2.45, 2.75) is 46.6 Å². The molecule has 0 aliphatic heterocycles. The third-order valence-electron chi connectivity index (χ3n) is 3.36. The Hall–Kier alpha value is -1.26. The molecule has 0 bridgehead atoms. The lowest BCUT2D eigenvalue weighted by Crippen LogP contribution is -2.53. The molecule has 0 unspecified atom stereocenters. The average Bonchev–Trinajstić information content (AvgIpc) is 2.25. The van der Waals surface area contributed by atoms with Crippen molar-refractivity contribution in [3.63, 3.8) is 0 Å². The topological polar surface area (TPSA) is 78.9 Å². The Balaban J connectivity index is 5.09. The third kappa shape index (κ3) is 2.65. The summed E-state index contributed by atoms with van der Waals surface area (Å²) in [6.07, 6.45) is 0.835. The molecular weight excluding hydrogens is 206 g/mol. The van der Waals surface area contributed by atoms with E-state index in [1.807, 2.05) is 20.8 Å². The van der Waals surface area contributed by atoms with Crippen molar-refractivity contribution < 1.29 is 10.0 Å². The molecule has 0 saturated carbocycles. The molecule has 0 aliphatic rings. The van der Waals surface area contributed by atoms with E-state index < -0.39 is 5.41 Å². The number of nitrogens with zero attached hydrogens (tertiary/aromatic N) is 2. The zero-order valence-electron chi connectivity index (χ0n) is 11.0. The molecule has 0 fully saturated rings. The second-order valence-electron chi connectivity index (χ2n) is 5.14. The molecule has 0 aromatic heterocycles. The van der Waals surface area contributed by atoms with Crippen molar-refractivity contribution in [2.24, 2.45) is 16.3 Å². The normalized spacial score (nSPS) is 13.8. The van der Waals surface area contributed by atoms with Crippen molar-refractivity contribution in [3.05, 3.63) is 0 Å². The van der Waals surface area contributed by atoms with Crippen LogP contribution in [-0.4, -0.2) is 34.4 Å². The van der Waals surface area contributed by atoms with Crippen molar-refractivity contribution in [3.8, 4) is 0 Å². The fourth-order valence-corrected chi connectivity index (χ4v) is 1.17. The molecule has 0 saturated heterocycles. The summed E-state index contributed by atoms with van der Waals surface area (Å²) < 4.78 is 0. The van der Waals surface area contributed by atoms with Gasteiger partial charge in [0.15, 0.2) is 5.84 Å².